The normalized spacial score (nSPS) is 14.4. The Hall–Kier alpha value is -2.93. The summed E-state index contributed by atoms with van der Waals surface area (Å²) in [5.41, 5.74) is 1.75. The number of hydrogen-bond acceptors (Lipinski definition) is 6. The van der Waals surface area contributed by atoms with E-state index in [2.05, 4.69) is 9.97 Å². The Bertz CT molecular complexity index is 865. The van der Waals surface area contributed by atoms with Crippen molar-refractivity contribution >= 4 is 35.5 Å². The van der Waals surface area contributed by atoms with Crippen LogP contribution in [0.4, 0.5) is 5.95 Å². The van der Waals surface area contributed by atoms with Gasteiger partial charge in [-0.1, -0.05) is 23.7 Å². The van der Waals surface area contributed by atoms with Crippen LogP contribution in [-0.4, -0.2) is 59.5 Å². The predicted molar refractivity (Wildman–Crippen MR) is 107 cm³/mol. The smallest absolute Gasteiger partial charge is 0.331 e. The zero-order chi connectivity index (χ0) is 19.9. The van der Waals surface area contributed by atoms with Gasteiger partial charge in [0.15, 0.2) is 6.61 Å². The molecular formula is C20H21ClN4O3. The minimum absolute atomic E-state index is 0.214. The molecule has 1 amide bonds. The molecule has 7 nitrogen and oxygen atoms in total. The summed E-state index contributed by atoms with van der Waals surface area (Å²) in [6.07, 6.45) is 6.28. The average molecular weight is 401 g/mol. The third-order valence-corrected chi connectivity index (χ3v) is 4.82. The number of esters is 1. The highest BCUT2D eigenvalue weighted by atomic mass is 35.5. The minimum atomic E-state index is -0.568. The number of amides is 1. The lowest BCUT2D eigenvalue weighted by atomic mass is 10.1. The molecule has 2 aromatic rings. The summed E-state index contributed by atoms with van der Waals surface area (Å²) < 4.78 is 5.06. The molecule has 1 aliphatic heterocycles. The number of carbonyl (C=O) groups excluding carboxylic acids is 2. The average Bonchev–Trinajstić information content (AvgIpc) is 2.73. The zero-order valence-electron chi connectivity index (χ0n) is 15.5. The fourth-order valence-corrected chi connectivity index (χ4v) is 2.95. The Labute approximate surface area is 168 Å². The Morgan fingerprint density at radius 2 is 1.89 bits per heavy atom. The second-order valence-electron chi connectivity index (χ2n) is 6.37. The van der Waals surface area contributed by atoms with Gasteiger partial charge in [-0.3, -0.25) is 4.79 Å². The van der Waals surface area contributed by atoms with Crippen LogP contribution in [0.3, 0.4) is 0 Å². The van der Waals surface area contributed by atoms with Crippen molar-refractivity contribution in [2.24, 2.45) is 0 Å². The maximum Gasteiger partial charge on any atom is 0.331 e. The van der Waals surface area contributed by atoms with E-state index in [0.717, 1.165) is 11.1 Å². The van der Waals surface area contributed by atoms with Crippen molar-refractivity contribution < 1.29 is 14.3 Å². The number of anilines is 1. The Morgan fingerprint density at radius 1 is 1.18 bits per heavy atom. The molecule has 146 valence electrons. The molecule has 1 fully saturated rings. The largest absolute Gasteiger partial charge is 0.452 e. The molecule has 0 atom stereocenters. The topological polar surface area (TPSA) is 75.6 Å². The molecule has 28 heavy (non-hydrogen) atoms. The van der Waals surface area contributed by atoms with E-state index in [1.807, 2.05) is 24.0 Å². The summed E-state index contributed by atoms with van der Waals surface area (Å²) in [7, 11) is 0. The van der Waals surface area contributed by atoms with Gasteiger partial charge in [-0.05, 0) is 36.3 Å². The molecule has 0 spiro atoms. The zero-order valence-corrected chi connectivity index (χ0v) is 16.3. The van der Waals surface area contributed by atoms with Crippen LogP contribution < -0.4 is 4.90 Å². The van der Waals surface area contributed by atoms with Gasteiger partial charge in [-0.25, -0.2) is 14.8 Å². The first-order chi connectivity index (χ1) is 13.5. The van der Waals surface area contributed by atoms with E-state index in [1.54, 1.807) is 35.5 Å². The molecule has 1 saturated heterocycles. The van der Waals surface area contributed by atoms with Crippen molar-refractivity contribution in [2.45, 2.75) is 6.92 Å². The molecule has 1 aromatic heterocycles. The Balaban J connectivity index is 1.43. The first-order valence-electron chi connectivity index (χ1n) is 8.93. The number of aryl methyl sites for hydroxylation is 1. The summed E-state index contributed by atoms with van der Waals surface area (Å²) in [4.78, 5) is 36.2. The van der Waals surface area contributed by atoms with Crippen molar-refractivity contribution in [3.8, 4) is 0 Å². The summed E-state index contributed by atoms with van der Waals surface area (Å²) in [6, 6.07) is 7.25. The van der Waals surface area contributed by atoms with E-state index in [0.29, 0.717) is 37.1 Å². The molecule has 2 heterocycles. The van der Waals surface area contributed by atoms with Gasteiger partial charge in [0.2, 0.25) is 5.95 Å². The maximum atomic E-state index is 12.3. The molecule has 1 aromatic carbocycles. The number of aromatic nitrogens is 2. The number of nitrogens with zero attached hydrogens (tertiary/aromatic N) is 4. The van der Waals surface area contributed by atoms with Crippen molar-refractivity contribution in [1.29, 1.82) is 0 Å². The third-order valence-electron chi connectivity index (χ3n) is 4.41. The third kappa shape index (κ3) is 5.29. The van der Waals surface area contributed by atoms with Gasteiger partial charge >= 0.3 is 5.97 Å². The molecule has 3 rings (SSSR count). The van der Waals surface area contributed by atoms with E-state index >= 15 is 0 Å². The molecule has 0 saturated carbocycles. The lowest BCUT2D eigenvalue weighted by Gasteiger charge is -2.34. The van der Waals surface area contributed by atoms with Crippen LogP contribution in [0.25, 0.3) is 6.08 Å². The van der Waals surface area contributed by atoms with E-state index in [4.69, 9.17) is 16.3 Å². The van der Waals surface area contributed by atoms with Crippen LogP contribution in [0, 0.1) is 6.92 Å². The maximum absolute atomic E-state index is 12.3. The lowest BCUT2D eigenvalue weighted by Crippen LogP contribution is -2.50. The van der Waals surface area contributed by atoms with Crippen LogP contribution in [0.2, 0.25) is 5.02 Å². The quantitative estimate of drug-likeness (QED) is 0.566. The van der Waals surface area contributed by atoms with E-state index in [1.165, 1.54) is 6.08 Å². The van der Waals surface area contributed by atoms with Crippen LogP contribution in [0.15, 0.2) is 42.7 Å². The van der Waals surface area contributed by atoms with Crippen LogP contribution in [0.1, 0.15) is 11.1 Å². The van der Waals surface area contributed by atoms with Crippen molar-refractivity contribution in [1.82, 2.24) is 14.9 Å². The van der Waals surface area contributed by atoms with Gasteiger partial charge in [-0.15, -0.1) is 0 Å². The fraction of sp³-hybridized carbons (Fsp3) is 0.300. The van der Waals surface area contributed by atoms with Crippen molar-refractivity contribution in [3.63, 3.8) is 0 Å². The molecule has 0 radical (unpaired) electrons. The fourth-order valence-electron chi connectivity index (χ4n) is 2.76. The highest BCUT2D eigenvalue weighted by Crippen LogP contribution is 2.17. The highest BCUT2D eigenvalue weighted by molar-refractivity contribution is 6.31. The molecule has 8 heteroatoms. The number of ether oxygens (including phenoxy) is 1. The van der Waals surface area contributed by atoms with Crippen molar-refractivity contribution in [2.75, 3.05) is 37.7 Å². The Morgan fingerprint density at radius 3 is 2.57 bits per heavy atom. The van der Waals surface area contributed by atoms with Crippen LogP contribution >= 0.6 is 11.6 Å². The number of halogens is 1. The summed E-state index contributed by atoms with van der Waals surface area (Å²) in [5.74, 6) is -0.127. The van der Waals surface area contributed by atoms with Crippen molar-refractivity contribution in [3.05, 3.63) is 58.9 Å². The first kappa shape index (κ1) is 19.8. The molecule has 0 bridgehead atoms. The molecule has 0 N–H and O–H groups in total. The Kier molecular flexibility index (Phi) is 6.60. The molecule has 0 aliphatic carbocycles. The molecule has 1 aliphatic rings. The molecular weight excluding hydrogens is 380 g/mol. The number of piperazine rings is 1. The summed E-state index contributed by atoms with van der Waals surface area (Å²) in [5, 5.41) is 0.630. The number of hydrogen-bond donors (Lipinski definition) is 0. The van der Waals surface area contributed by atoms with Gasteiger partial charge in [0.25, 0.3) is 5.91 Å². The number of carbonyl (C=O) groups is 2. The van der Waals surface area contributed by atoms with Gasteiger partial charge in [0, 0.05) is 49.7 Å². The number of rotatable bonds is 5. The minimum Gasteiger partial charge on any atom is -0.452 e. The predicted octanol–water partition coefficient (Wildman–Crippen LogP) is 2.34. The lowest BCUT2D eigenvalue weighted by molar-refractivity contribution is -0.148. The highest BCUT2D eigenvalue weighted by Gasteiger charge is 2.22. The van der Waals surface area contributed by atoms with E-state index < -0.39 is 5.97 Å². The monoisotopic (exact) mass is 400 g/mol. The van der Waals surface area contributed by atoms with Gasteiger partial charge < -0.3 is 14.5 Å². The second kappa shape index (κ2) is 9.32. The summed E-state index contributed by atoms with van der Waals surface area (Å²) in [6.45, 7) is 3.97. The second-order valence-corrected chi connectivity index (χ2v) is 6.77. The number of benzene rings is 1. The SMILES string of the molecule is Cc1ccc(/C=C/C(=O)OCC(=O)N2CCN(c3ncccn3)CC2)cc1Cl. The summed E-state index contributed by atoms with van der Waals surface area (Å²) >= 11 is 6.06. The first-order valence-corrected chi connectivity index (χ1v) is 9.31. The van der Waals surface area contributed by atoms with E-state index in [-0.39, 0.29) is 12.5 Å². The van der Waals surface area contributed by atoms with Gasteiger partial charge in [0.05, 0.1) is 0 Å². The van der Waals surface area contributed by atoms with Gasteiger partial charge in [-0.2, -0.15) is 0 Å². The van der Waals surface area contributed by atoms with Crippen LogP contribution in [0.5, 0.6) is 0 Å². The van der Waals surface area contributed by atoms with Crippen LogP contribution in [-0.2, 0) is 14.3 Å². The molecule has 0 unspecified atom stereocenters. The van der Waals surface area contributed by atoms with E-state index in [9.17, 15) is 9.59 Å². The van der Waals surface area contributed by atoms with Gasteiger partial charge in [0.1, 0.15) is 0 Å². The standard InChI is InChI=1S/C20H21ClN4O3/c1-15-3-4-16(13-17(15)21)5-6-19(27)28-14-18(26)24-9-11-25(12-10-24)20-22-7-2-8-23-20/h2-8,13H,9-12,14H2,1H3/b6-5+.